The molecule has 0 saturated heterocycles. The van der Waals surface area contributed by atoms with Gasteiger partial charge in [0.25, 0.3) is 10.0 Å². The molecule has 9 heteroatoms. The summed E-state index contributed by atoms with van der Waals surface area (Å²) >= 11 is 7.03. The molecule has 0 atom stereocenters. The Morgan fingerprint density at radius 1 is 1.17 bits per heavy atom. The van der Waals surface area contributed by atoms with Gasteiger partial charge in [-0.25, -0.2) is 13.2 Å². The van der Waals surface area contributed by atoms with Gasteiger partial charge in [-0.3, -0.25) is 4.72 Å². The van der Waals surface area contributed by atoms with E-state index in [1.165, 1.54) is 29.8 Å². The predicted octanol–water partition coefficient (Wildman–Crippen LogP) is 5.35. The molecular weight excluding hydrogens is 444 g/mol. The molecule has 0 amide bonds. The van der Waals surface area contributed by atoms with E-state index in [-0.39, 0.29) is 20.5 Å². The van der Waals surface area contributed by atoms with E-state index in [0.29, 0.717) is 16.5 Å². The smallest absolute Gasteiger partial charge is 0.348 e. The Hall–Kier alpha value is -2.55. The third-order valence-corrected chi connectivity index (χ3v) is 7.32. The molecule has 0 aliphatic heterocycles. The molecule has 0 bridgehead atoms. The van der Waals surface area contributed by atoms with Crippen LogP contribution in [0.3, 0.4) is 0 Å². The van der Waals surface area contributed by atoms with Crippen molar-refractivity contribution >= 4 is 50.3 Å². The number of halogens is 1. The van der Waals surface area contributed by atoms with Crippen molar-refractivity contribution in [1.29, 1.82) is 0 Å². The summed E-state index contributed by atoms with van der Waals surface area (Å²) in [5, 5.41) is 9.51. The molecule has 0 radical (unpaired) electrons. The Labute approximate surface area is 184 Å². The topological polar surface area (TPSA) is 109 Å². The number of sulfonamides is 1. The summed E-state index contributed by atoms with van der Waals surface area (Å²) in [6.45, 7) is 4.27. The first-order valence-corrected chi connectivity index (χ1v) is 11.8. The first-order chi connectivity index (χ1) is 14.1. The SMILES string of the molecule is CC(C)Cc1ccc(-c2cc(NS(=O)(=O)c3ccc(N)cc3Cl)c(C(=O)O)s2)cc1. The lowest BCUT2D eigenvalue weighted by Crippen LogP contribution is -2.15. The highest BCUT2D eigenvalue weighted by atomic mass is 35.5. The van der Waals surface area contributed by atoms with Crippen LogP contribution in [-0.2, 0) is 16.4 Å². The first-order valence-electron chi connectivity index (χ1n) is 9.11. The van der Waals surface area contributed by atoms with E-state index < -0.39 is 16.0 Å². The number of carboxylic acids is 1. The average Bonchev–Trinajstić information content (AvgIpc) is 3.04. The van der Waals surface area contributed by atoms with E-state index >= 15 is 0 Å². The van der Waals surface area contributed by atoms with E-state index in [2.05, 4.69) is 18.6 Å². The molecule has 2 aromatic carbocycles. The largest absolute Gasteiger partial charge is 0.477 e. The van der Waals surface area contributed by atoms with Crippen molar-refractivity contribution in [2.45, 2.75) is 25.2 Å². The maximum Gasteiger partial charge on any atom is 0.348 e. The molecule has 0 spiro atoms. The molecule has 0 fully saturated rings. The van der Waals surface area contributed by atoms with E-state index in [1.807, 2.05) is 24.3 Å². The minimum atomic E-state index is -4.10. The highest BCUT2D eigenvalue weighted by Crippen LogP contribution is 2.37. The Bertz CT molecular complexity index is 1190. The van der Waals surface area contributed by atoms with Crippen LogP contribution in [-0.4, -0.2) is 19.5 Å². The van der Waals surface area contributed by atoms with Crippen LogP contribution in [0.5, 0.6) is 0 Å². The van der Waals surface area contributed by atoms with E-state index in [9.17, 15) is 18.3 Å². The van der Waals surface area contributed by atoms with E-state index in [0.717, 1.165) is 23.3 Å². The number of hydrogen-bond donors (Lipinski definition) is 3. The summed E-state index contributed by atoms with van der Waals surface area (Å²) in [6, 6.07) is 13.3. The molecule has 1 heterocycles. The lowest BCUT2D eigenvalue weighted by molar-refractivity contribution is 0.0703. The molecule has 30 heavy (non-hydrogen) atoms. The van der Waals surface area contributed by atoms with Crippen LogP contribution in [0.4, 0.5) is 11.4 Å². The van der Waals surface area contributed by atoms with Crippen LogP contribution in [0.15, 0.2) is 53.4 Å². The van der Waals surface area contributed by atoms with Gasteiger partial charge in [0.05, 0.1) is 10.7 Å². The molecule has 6 nitrogen and oxygen atoms in total. The summed E-state index contributed by atoms with van der Waals surface area (Å²) in [7, 11) is -4.10. The fourth-order valence-electron chi connectivity index (χ4n) is 2.98. The van der Waals surface area contributed by atoms with Crippen molar-refractivity contribution in [3.05, 3.63) is 64.0 Å². The van der Waals surface area contributed by atoms with Gasteiger partial charge in [-0.1, -0.05) is 49.7 Å². The maximum atomic E-state index is 12.8. The van der Waals surface area contributed by atoms with Gasteiger partial charge in [-0.2, -0.15) is 0 Å². The van der Waals surface area contributed by atoms with Gasteiger partial charge in [0, 0.05) is 10.6 Å². The summed E-state index contributed by atoms with van der Waals surface area (Å²) in [6.07, 6.45) is 0.943. The Morgan fingerprint density at radius 3 is 2.40 bits per heavy atom. The molecule has 0 aliphatic carbocycles. The van der Waals surface area contributed by atoms with Gasteiger partial charge in [0.2, 0.25) is 0 Å². The van der Waals surface area contributed by atoms with E-state index in [4.69, 9.17) is 17.3 Å². The summed E-state index contributed by atoms with van der Waals surface area (Å²) in [5.41, 5.74) is 7.92. The summed E-state index contributed by atoms with van der Waals surface area (Å²) in [5.74, 6) is -0.693. The lowest BCUT2D eigenvalue weighted by atomic mass is 10.0. The van der Waals surface area contributed by atoms with Crippen LogP contribution >= 0.6 is 22.9 Å². The van der Waals surface area contributed by atoms with Gasteiger partial charge >= 0.3 is 5.97 Å². The minimum Gasteiger partial charge on any atom is -0.477 e. The quantitative estimate of drug-likeness (QED) is 0.408. The van der Waals surface area contributed by atoms with Crippen LogP contribution in [0.1, 0.15) is 29.1 Å². The number of thiophene rings is 1. The number of anilines is 2. The van der Waals surface area contributed by atoms with Gasteiger partial charge < -0.3 is 10.8 Å². The number of hydrogen-bond acceptors (Lipinski definition) is 5. The first kappa shape index (κ1) is 22.1. The van der Waals surface area contributed by atoms with E-state index in [1.54, 1.807) is 0 Å². The molecule has 0 aliphatic rings. The third-order valence-electron chi connectivity index (χ3n) is 4.30. The molecule has 4 N–H and O–H groups in total. The number of nitrogen functional groups attached to an aromatic ring is 1. The molecule has 3 aromatic rings. The van der Waals surface area contributed by atoms with Gasteiger partial charge in [-0.05, 0) is 47.7 Å². The molecule has 0 unspecified atom stereocenters. The second-order valence-electron chi connectivity index (χ2n) is 7.25. The van der Waals surface area contributed by atoms with Crippen molar-refractivity contribution in [3.63, 3.8) is 0 Å². The van der Waals surface area contributed by atoms with Crippen molar-refractivity contribution in [3.8, 4) is 10.4 Å². The summed E-state index contributed by atoms with van der Waals surface area (Å²) < 4.78 is 27.9. The zero-order chi connectivity index (χ0) is 22.1. The maximum absolute atomic E-state index is 12.8. The fourth-order valence-corrected chi connectivity index (χ4v) is 5.62. The highest BCUT2D eigenvalue weighted by Gasteiger charge is 2.24. The van der Waals surface area contributed by atoms with Crippen molar-refractivity contribution < 1.29 is 18.3 Å². The Kier molecular flexibility index (Phi) is 6.40. The number of nitrogens with one attached hydrogen (secondary N) is 1. The zero-order valence-corrected chi connectivity index (χ0v) is 18.7. The molecule has 0 saturated carbocycles. The highest BCUT2D eigenvalue weighted by molar-refractivity contribution is 7.92. The fraction of sp³-hybridized carbons (Fsp3) is 0.190. The molecular formula is C21H21ClN2O4S2. The van der Waals surface area contributed by atoms with Gasteiger partial charge in [0.1, 0.15) is 9.77 Å². The second-order valence-corrected chi connectivity index (χ2v) is 10.4. The minimum absolute atomic E-state index is 0.0124. The van der Waals surface area contributed by atoms with Crippen molar-refractivity contribution in [2.24, 2.45) is 5.92 Å². The molecule has 1 aromatic heterocycles. The van der Waals surface area contributed by atoms with Crippen LogP contribution < -0.4 is 10.5 Å². The standard InChI is InChI=1S/C21H21ClN2O4S2/c1-12(2)9-13-3-5-14(6-4-13)18-11-17(20(29-18)21(25)26)24-30(27,28)19-8-7-15(23)10-16(19)22/h3-8,10-12,24H,9,23H2,1-2H3,(H,25,26). The van der Waals surface area contributed by atoms with Gasteiger partial charge in [0.15, 0.2) is 0 Å². The zero-order valence-electron chi connectivity index (χ0n) is 16.3. The Morgan fingerprint density at radius 2 is 1.83 bits per heavy atom. The normalized spacial score (nSPS) is 11.6. The van der Waals surface area contributed by atoms with Crippen molar-refractivity contribution in [1.82, 2.24) is 0 Å². The Balaban J connectivity index is 1.96. The number of carbonyl (C=O) groups is 1. The summed E-state index contributed by atoms with van der Waals surface area (Å²) in [4.78, 5) is 12.1. The number of rotatable bonds is 7. The molecule has 3 rings (SSSR count). The number of nitrogens with two attached hydrogens (primary N) is 1. The monoisotopic (exact) mass is 464 g/mol. The third kappa shape index (κ3) is 4.95. The van der Waals surface area contributed by atoms with Crippen LogP contribution in [0.25, 0.3) is 10.4 Å². The number of benzene rings is 2. The van der Waals surface area contributed by atoms with Gasteiger partial charge in [-0.15, -0.1) is 11.3 Å². The van der Waals surface area contributed by atoms with Crippen LogP contribution in [0, 0.1) is 5.92 Å². The van der Waals surface area contributed by atoms with Crippen molar-refractivity contribution in [2.75, 3.05) is 10.5 Å². The number of aromatic carboxylic acids is 1. The average molecular weight is 465 g/mol. The second kappa shape index (κ2) is 8.67. The predicted molar refractivity (Wildman–Crippen MR) is 122 cm³/mol. The number of carboxylic acid groups (broad SMARTS) is 1. The molecule has 158 valence electrons. The lowest BCUT2D eigenvalue weighted by Gasteiger charge is -2.09. The van der Waals surface area contributed by atoms with Crippen LogP contribution in [0.2, 0.25) is 5.02 Å².